The van der Waals surface area contributed by atoms with Crippen LogP contribution in [0.25, 0.3) is 0 Å². The van der Waals surface area contributed by atoms with Crippen molar-refractivity contribution >= 4 is 17.7 Å². The molecule has 0 radical (unpaired) electrons. The molecular formula is C19H27NO5. The summed E-state index contributed by atoms with van der Waals surface area (Å²) in [4.78, 5) is 37.9. The normalized spacial score (nSPS) is 11.6. The zero-order valence-corrected chi connectivity index (χ0v) is 15.2. The molecule has 138 valence electrons. The van der Waals surface area contributed by atoms with Crippen molar-refractivity contribution < 1.29 is 23.9 Å². The summed E-state index contributed by atoms with van der Waals surface area (Å²) in [6.45, 7) is 3.00. The van der Waals surface area contributed by atoms with Crippen LogP contribution in [0.5, 0.6) is 0 Å². The molecule has 0 aliphatic rings. The Kier molecular flexibility index (Phi) is 9.47. The molecule has 25 heavy (non-hydrogen) atoms. The summed E-state index contributed by atoms with van der Waals surface area (Å²) in [7, 11) is 2.93. The molecule has 0 fully saturated rings. The molecule has 0 saturated heterocycles. The van der Waals surface area contributed by atoms with Gasteiger partial charge < -0.3 is 14.4 Å². The Morgan fingerprint density at radius 3 is 2.36 bits per heavy atom. The monoisotopic (exact) mass is 349 g/mol. The van der Waals surface area contributed by atoms with Gasteiger partial charge in [0.1, 0.15) is 0 Å². The number of ether oxygens (including phenoxy) is 2. The first-order valence-electron chi connectivity index (χ1n) is 8.42. The highest BCUT2D eigenvalue weighted by molar-refractivity contribution is 5.97. The second kappa shape index (κ2) is 11.4. The fourth-order valence-electron chi connectivity index (χ4n) is 2.47. The summed E-state index contributed by atoms with van der Waals surface area (Å²) in [5.74, 6) is -0.978. The van der Waals surface area contributed by atoms with Crippen LogP contribution in [0.2, 0.25) is 0 Å². The fourth-order valence-corrected chi connectivity index (χ4v) is 2.47. The minimum absolute atomic E-state index is 0.0631. The SMILES string of the molecule is COCCCN(CC(C)C(=O)OC)C(=O)CCC(=O)c1ccccc1. The molecule has 0 aliphatic carbocycles. The van der Waals surface area contributed by atoms with E-state index in [1.807, 2.05) is 6.07 Å². The summed E-state index contributed by atoms with van der Waals surface area (Å²) in [5, 5.41) is 0. The molecule has 0 aliphatic heterocycles. The lowest BCUT2D eigenvalue weighted by Gasteiger charge is -2.25. The molecule has 0 bridgehead atoms. The summed E-state index contributed by atoms with van der Waals surface area (Å²) in [6.07, 6.45) is 0.938. The highest BCUT2D eigenvalue weighted by Crippen LogP contribution is 2.10. The first-order chi connectivity index (χ1) is 12.0. The number of amides is 1. The molecule has 1 unspecified atom stereocenters. The Labute approximate surface area is 149 Å². The Hall–Kier alpha value is -2.21. The molecule has 1 rings (SSSR count). The van der Waals surface area contributed by atoms with Gasteiger partial charge in [-0.15, -0.1) is 0 Å². The Morgan fingerprint density at radius 1 is 1.08 bits per heavy atom. The lowest BCUT2D eigenvalue weighted by atomic mass is 10.1. The number of rotatable bonds is 11. The summed E-state index contributed by atoms with van der Waals surface area (Å²) >= 11 is 0. The number of benzene rings is 1. The van der Waals surface area contributed by atoms with E-state index in [1.54, 1.807) is 43.2 Å². The summed E-state index contributed by atoms with van der Waals surface area (Å²) in [6, 6.07) is 8.91. The van der Waals surface area contributed by atoms with Crippen LogP contribution >= 0.6 is 0 Å². The molecule has 1 amide bonds. The van der Waals surface area contributed by atoms with Gasteiger partial charge in [0.2, 0.25) is 5.91 Å². The van der Waals surface area contributed by atoms with Crippen molar-refractivity contribution in [2.45, 2.75) is 26.2 Å². The van der Waals surface area contributed by atoms with Crippen LogP contribution in [0.4, 0.5) is 0 Å². The van der Waals surface area contributed by atoms with Crippen molar-refractivity contribution in [1.82, 2.24) is 4.90 Å². The van der Waals surface area contributed by atoms with E-state index in [0.717, 1.165) is 0 Å². The van der Waals surface area contributed by atoms with Crippen LogP contribution in [-0.2, 0) is 19.1 Å². The summed E-state index contributed by atoms with van der Waals surface area (Å²) in [5.41, 5.74) is 0.601. The lowest BCUT2D eigenvalue weighted by Crippen LogP contribution is -2.38. The van der Waals surface area contributed by atoms with E-state index < -0.39 is 5.92 Å². The maximum absolute atomic E-state index is 12.5. The second-order valence-electron chi connectivity index (χ2n) is 5.90. The quantitative estimate of drug-likeness (QED) is 0.348. The van der Waals surface area contributed by atoms with Gasteiger partial charge in [0, 0.05) is 45.2 Å². The van der Waals surface area contributed by atoms with Crippen LogP contribution in [0.15, 0.2) is 30.3 Å². The van der Waals surface area contributed by atoms with Gasteiger partial charge in [0.05, 0.1) is 13.0 Å². The van der Waals surface area contributed by atoms with E-state index in [-0.39, 0.29) is 37.0 Å². The number of carbonyl (C=O) groups is 3. The molecule has 0 N–H and O–H groups in total. The Balaban J connectivity index is 2.61. The summed E-state index contributed by atoms with van der Waals surface area (Å²) < 4.78 is 9.74. The maximum atomic E-state index is 12.5. The number of methoxy groups -OCH3 is 2. The standard InChI is InChI=1S/C19H27NO5/c1-15(19(23)25-3)14-20(12-7-13-24-2)18(22)11-10-17(21)16-8-5-4-6-9-16/h4-6,8-9,15H,7,10-14H2,1-3H3. The van der Waals surface area contributed by atoms with Crippen LogP contribution in [-0.4, -0.2) is 56.5 Å². The van der Waals surface area contributed by atoms with E-state index in [9.17, 15) is 14.4 Å². The highest BCUT2D eigenvalue weighted by Gasteiger charge is 2.22. The van der Waals surface area contributed by atoms with Crippen molar-refractivity contribution in [2.24, 2.45) is 5.92 Å². The maximum Gasteiger partial charge on any atom is 0.310 e. The smallest absolute Gasteiger partial charge is 0.310 e. The second-order valence-corrected chi connectivity index (χ2v) is 5.90. The zero-order valence-electron chi connectivity index (χ0n) is 15.2. The number of carbonyl (C=O) groups excluding carboxylic acids is 3. The number of Topliss-reactive ketones (excluding diaryl/α,β-unsaturated/α-hetero) is 1. The number of ketones is 1. The van der Waals surface area contributed by atoms with Crippen LogP contribution < -0.4 is 0 Å². The van der Waals surface area contributed by atoms with E-state index in [4.69, 9.17) is 9.47 Å². The van der Waals surface area contributed by atoms with E-state index in [1.165, 1.54) is 7.11 Å². The Morgan fingerprint density at radius 2 is 1.76 bits per heavy atom. The first kappa shape index (κ1) is 20.8. The zero-order chi connectivity index (χ0) is 18.7. The molecule has 1 aromatic carbocycles. The van der Waals surface area contributed by atoms with Gasteiger partial charge in [0.25, 0.3) is 0 Å². The third-order valence-corrected chi connectivity index (χ3v) is 3.89. The van der Waals surface area contributed by atoms with Crippen molar-refractivity contribution in [2.75, 3.05) is 33.9 Å². The minimum atomic E-state index is -0.415. The highest BCUT2D eigenvalue weighted by atomic mass is 16.5. The average molecular weight is 349 g/mol. The third-order valence-electron chi connectivity index (χ3n) is 3.89. The molecule has 1 aromatic rings. The molecule has 0 aromatic heterocycles. The number of nitrogens with zero attached hydrogens (tertiary/aromatic N) is 1. The number of hydrogen-bond donors (Lipinski definition) is 0. The largest absolute Gasteiger partial charge is 0.469 e. The van der Waals surface area contributed by atoms with Crippen LogP contribution in [0, 0.1) is 5.92 Å². The topological polar surface area (TPSA) is 72.9 Å². The molecule has 0 spiro atoms. The number of hydrogen-bond acceptors (Lipinski definition) is 5. The molecular weight excluding hydrogens is 322 g/mol. The average Bonchev–Trinajstić information content (AvgIpc) is 2.64. The van der Waals surface area contributed by atoms with Crippen molar-refractivity contribution in [3.63, 3.8) is 0 Å². The molecule has 1 atom stereocenters. The molecule has 0 heterocycles. The Bertz CT molecular complexity index is 558. The molecule has 6 nitrogen and oxygen atoms in total. The van der Waals surface area contributed by atoms with Crippen molar-refractivity contribution in [3.05, 3.63) is 35.9 Å². The molecule has 6 heteroatoms. The van der Waals surface area contributed by atoms with Gasteiger partial charge in [-0.1, -0.05) is 37.3 Å². The molecule has 0 saturated carbocycles. The van der Waals surface area contributed by atoms with Gasteiger partial charge in [-0.3, -0.25) is 14.4 Å². The van der Waals surface area contributed by atoms with Crippen LogP contribution in [0.3, 0.4) is 0 Å². The predicted octanol–water partition coefficient (Wildman–Crippen LogP) is 2.32. The lowest BCUT2D eigenvalue weighted by molar-refractivity contribution is -0.146. The van der Waals surface area contributed by atoms with Gasteiger partial charge in [-0.25, -0.2) is 0 Å². The number of esters is 1. The third kappa shape index (κ3) is 7.47. The van der Waals surface area contributed by atoms with Gasteiger partial charge in [-0.05, 0) is 6.42 Å². The van der Waals surface area contributed by atoms with Gasteiger partial charge >= 0.3 is 5.97 Å². The predicted molar refractivity (Wildman–Crippen MR) is 94.3 cm³/mol. The van der Waals surface area contributed by atoms with Crippen molar-refractivity contribution in [3.8, 4) is 0 Å². The first-order valence-corrected chi connectivity index (χ1v) is 8.42. The van der Waals surface area contributed by atoms with E-state index in [0.29, 0.717) is 25.1 Å². The van der Waals surface area contributed by atoms with Gasteiger partial charge in [0.15, 0.2) is 5.78 Å². The minimum Gasteiger partial charge on any atom is -0.469 e. The van der Waals surface area contributed by atoms with E-state index >= 15 is 0 Å². The fraction of sp³-hybridized carbons (Fsp3) is 0.526. The van der Waals surface area contributed by atoms with Crippen molar-refractivity contribution in [1.29, 1.82) is 0 Å². The van der Waals surface area contributed by atoms with Gasteiger partial charge in [-0.2, -0.15) is 0 Å². The van der Waals surface area contributed by atoms with E-state index in [2.05, 4.69) is 0 Å². The van der Waals surface area contributed by atoms with Crippen LogP contribution in [0.1, 0.15) is 36.5 Å².